The Balaban J connectivity index is 1.17. The molecule has 2 aromatic rings. The van der Waals surface area contributed by atoms with Crippen LogP contribution < -0.4 is 15.1 Å². The third-order valence-corrected chi connectivity index (χ3v) is 6.74. The minimum Gasteiger partial charge on any atom is -0.369 e. The zero-order valence-electron chi connectivity index (χ0n) is 19.2. The van der Waals surface area contributed by atoms with Crippen LogP contribution >= 0.6 is 0 Å². The summed E-state index contributed by atoms with van der Waals surface area (Å²) in [5.74, 6) is 1.14. The molecule has 2 saturated heterocycles. The average Bonchev–Trinajstić information content (AvgIpc) is 2.87. The maximum absolute atomic E-state index is 12.6. The number of piperazine rings is 1. The molecule has 2 fully saturated rings. The van der Waals surface area contributed by atoms with E-state index in [0.29, 0.717) is 0 Å². The van der Waals surface area contributed by atoms with E-state index in [2.05, 4.69) is 61.2 Å². The second-order valence-electron chi connectivity index (χ2n) is 8.80. The van der Waals surface area contributed by atoms with E-state index in [1.165, 1.54) is 5.56 Å². The number of nitrogens with zero attached hydrogens (tertiary/aromatic N) is 5. The van der Waals surface area contributed by atoms with Gasteiger partial charge in [-0.15, -0.1) is 0 Å². The Labute approximate surface area is 191 Å². The van der Waals surface area contributed by atoms with E-state index in [0.717, 1.165) is 89.7 Å². The lowest BCUT2D eigenvalue weighted by Gasteiger charge is -2.35. The Kier molecular flexibility index (Phi) is 7.93. The molecule has 1 aromatic heterocycles. The summed E-state index contributed by atoms with van der Waals surface area (Å²) in [6, 6.07) is 10.4. The summed E-state index contributed by atoms with van der Waals surface area (Å²) in [5, 5.41) is 3.14. The van der Waals surface area contributed by atoms with Crippen molar-refractivity contribution >= 4 is 17.5 Å². The first kappa shape index (κ1) is 22.5. The number of anilines is 2. The van der Waals surface area contributed by atoms with Gasteiger partial charge in [-0.25, -0.2) is 9.97 Å². The maximum Gasteiger partial charge on any atom is 0.225 e. The number of likely N-dealkylation sites (N-methyl/N-ethyl adjacent to an activating group) is 1. The summed E-state index contributed by atoms with van der Waals surface area (Å²) in [6.45, 7) is 9.93. The van der Waals surface area contributed by atoms with Gasteiger partial charge in [0.1, 0.15) is 0 Å². The van der Waals surface area contributed by atoms with Crippen molar-refractivity contribution in [3.8, 4) is 0 Å². The molecule has 1 amide bonds. The Morgan fingerprint density at radius 1 is 0.969 bits per heavy atom. The molecule has 0 spiro atoms. The van der Waals surface area contributed by atoms with Crippen molar-refractivity contribution in [1.29, 1.82) is 0 Å². The fourth-order valence-electron chi connectivity index (χ4n) is 4.60. The molecule has 1 N–H and O–H groups in total. The number of carbonyl (C=O) groups is 1. The van der Waals surface area contributed by atoms with E-state index in [1.807, 2.05) is 18.5 Å². The van der Waals surface area contributed by atoms with Gasteiger partial charge in [0.15, 0.2) is 0 Å². The van der Waals surface area contributed by atoms with Crippen molar-refractivity contribution < 1.29 is 4.79 Å². The van der Waals surface area contributed by atoms with Gasteiger partial charge < -0.3 is 20.0 Å². The molecule has 1 aromatic carbocycles. The van der Waals surface area contributed by atoms with Crippen molar-refractivity contribution in [1.82, 2.24) is 20.2 Å². The highest BCUT2D eigenvalue weighted by molar-refractivity contribution is 5.79. The third kappa shape index (κ3) is 5.97. The summed E-state index contributed by atoms with van der Waals surface area (Å²) in [4.78, 5) is 28.8. The van der Waals surface area contributed by atoms with Gasteiger partial charge in [0.2, 0.25) is 11.9 Å². The Bertz CT molecular complexity index is 827. The molecule has 3 heterocycles. The topological polar surface area (TPSA) is 64.6 Å². The van der Waals surface area contributed by atoms with E-state index < -0.39 is 0 Å². The lowest BCUT2D eigenvalue weighted by atomic mass is 9.95. The molecule has 2 aliphatic rings. The molecule has 0 atom stereocenters. The van der Waals surface area contributed by atoms with Crippen LogP contribution in [-0.2, 0) is 11.2 Å². The fourth-order valence-corrected chi connectivity index (χ4v) is 4.60. The third-order valence-electron chi connectivity index (χ3n) is 6.74. The van der Waals surface area contributed by atoms with Crippen LogP contribution in [0.3, 0.4) is 0 Å². The van der Waals surface area contributed by atoms with E-state index in [1.54, 1.807) is 0 Å². The molecule has 7 nitrogen and oxygen atoms in total. The lowest BCUT2D eigenvalue weighted by molar-refractivity contribution is -0.125. The standard InChI is InChI=1S/C25H36N6O/c1-2-29-15-17-31(18-16-29)25-27-19-23(20-28-25)30-13-10-22(11-14-30)24(32)26-12-6-9-21-7-4-3-5-8-21/h3-5,7-8,19-20,22H,2,6,9-18H2,1H3,(H,26,32). The predicted octanol–water partition coefficient (Wildman–Crippen LogP) is 2.58. The SMILES string of the molecule is CCN1CCN(c2ncc(N3CCC(C(=O)NCCCc4ccccc4)CC3)cn2)CC1. The molecule has 0 bridgehead atoms. The van der Waals surface area contributed by atoms with Gasteiger partial charge >= 0.3 is 0 Å². The summed E-state index contributed by atoms with van der Waals surface area (Å²) in [6.07, 6.45) is 7.63. The zero-order valence-corrected chi connectivity index (χ0v) is 19.2. The smallest absolute Gasteiger partial charge is 0.225 e. The van der Waals surface area contributed by atoms with Crippen molar-refractivity contribution in [2.24, 2.45) is 5.92 Å². The normalized spacial score (nSPS) is 18.0. The van der Waals surface area contributed by atoms with Gasteiger partial charge in [0, 0.05) is 51.7 Å². The number of carbonyl (C=O) groups excluding carboxylic acids is 1. The molecule has 0 saturated carbocycles. The van der Waals surface area contributed by atoms with Crippen LogP contribution in [0.5, 0.6) is 0 Å². The van der Waals surface area contributed by atoms with Crippen molar-refractivity contribution in [3.05, 3.63) is 48.3 Å². The van der Waals surface area contributed by atoms with Gasteiger partial charge in [0.05, 0.1) is 18.1 Å². The molecule has 4 rings (SSSR count). The summed E-state index contributed by atoms with van der Waals surface area (Å²) in [7, 11) is 0. The molecular formula is C25H36N6O. The minimum atomic E-state index is 0.109. The molecule has 7 heteroatoms. The summed E-state index contributed by atoms with van der Waals surface area (Å²) < 4.78 is 0. The number of benzene rings is 1. The first-order valence-electron chi connectivity index (χ1n) is 12.1. The van der Waals surface area contributed by atoms with Crippen molar-refractivity contribution in [2.75, 3.05) is 62.2 Å². The van der Waals surface area contributed by atoms with Crippen LogP contribution in [0.2, 0.25) is 0 Å². The van der Waals surface area contributed by atoms with Crippen LogP contribution in [0.4, 0.5) is 11.6 Å². The van der Waals surface area contributed by atoms with Crippen molar-refractivity contribution in [3.63, 3.8) is 0 Å². The van der Waals surface area contributed by atoms with Gasteiger partial charge in [-0.2, -0.15) is 0 Å². The maximum atomic E-state index is 12.6. The largest absolute Gasteiger partial charge is 0.369 e. The molecule has 172 valence electrons. The minimum absolute atomic E-state index is 0.109. The van der Waals surface area contributed by atoms with E-state index in [4.69, 9.17) is 0 Å². The molecule has 0 radical (unpaired) electrons. The molecular weight excluding hydrogens is 400 g/mol. The number of aryl methyl sites for hydroxylation is 1. The highest BCUT2D eigenvalue weighted by Crippen LogP contribution is 2.23. The molecule has 0 unspecified atom stereocenters. The van der Waals surface area contributed by atoms with Crippen molar-refractivity contribution in [2.45, 2.75) is 32.6 Å². The molecule has 32 heavy (non-hydrogen) atoms. The number of nitrogens with one attached hydrogen (secondary N) is 1. The highest BCUT2D eigenvalue weighted by Gasteiger charge is 2.25. The Morgan fingerprint density at radius 2 is 1.66 bits per heavy atom. The molecule has 0 aliphatic carbocycles. The number of hydrogen-bond acceptors (Lipinski definition) is 6. The number of piperidine rings is 1. The Morgan fingerprint density at radius 3 is 2.31 bits per heavy atom. The van der Waals surface area contributed by atoms with E-state index >= 15 is 0 Å². The second-order valence-corrected chi connectivity index (χ2v) is 8.80. The zero-order chi connectivity index (χ0) is 22.2. The van der Waals surface area contributed by atoms with Crippen LogP contribution in [-0.4, -0.2) is 73.1 Å². The summed E-state index contributed by atoms with van der Waals surface area (Å²) >= 11 is 0. The lowest BCUT2D eigenvalue weighted by Crippen LogP contribution is -2.46. The van der Waals surface area contributed by atoms with Crippen LogP contribution in [0.15, 0.2) is 42.7 Å². The van der Waals surface area contributed by atoms with Gasteiger partial charge in [0.25, 0.3) is 0 Å². The first-order valence-corrected chi connectivity index (χ1v) is 12.1. The quantitative estimate of drug-likeness (QED) is 0.642. The average molecular weight is 437 g/mol. The van der Waals surface area contributed by atoms with Crippen LogP contribution in [0.25, 0.3) is 0 Å². The molecule has 2 aliphatic heterocycles. The van der Waals surface area contributed by atoms with Gasteiger partial charge in [-0.1, -0.05) is 37.3 Å². The monoisotopic (exact) mass is 436 g/mol. The van der Waals surface area contributed by atoms with Crippen LogP contribution in [0, 0.1) is 5.92 Å². The number of hydrogen-bond donors (Lipinski definition) is 1. The fraction of sp³-hybridized carbons (Fsp3) is 0.560. The summed E-state index contributed by atoms with van der Waals surface area (Å²) in [5.41, 5.74) is 2.38. The second kappa shape index (κ2) is 11.3. The number of rotatable bonds is 8. The Hall–Kier alpha value is -2.67. The van der Waals surface area contributed by atoms with Gasteiger partial charge in [-0.05, 0) is 37.8 Å². The van der Waals surface area contributed by atoms with E-state index in [-0.39, 0.29) is 11.8 Å². The van der Waals surface area contributed by atoms with Crippen LogP contribution in [0.1, 0.15) is 31.7 Å². The highest BCUT2D eigenvalue weighted by atomic mass is 16.1. The van der Waals surface area contributed by atoms with Gasteiger partial charge in [-0.3, -0.25) is 4.79 Å². The number of amides is 1. The number of aromatic nitrogens is 2. The first-order chi connectivity index (χ1) is 15.7. The van der Waals surface area contributed by atoms with E-state index in [9.17, 15) is 4.79 Å². The predicted molar refractivity (Wildman–Crippen MR) is 129 cm³/mol.